The van der Waals surface area contributed by atoms with E-state index in [0.717, 1.165) is 49.3 Å². The molecule has 0 bridgehead atoms. The SMILES string of the molecule is Cc1nn(CN2CCN(c3cnccn3)CC2)c(=S)n1C1CC1. The summed E-state index contributed by atoms with van der Waals surface area (Å²) in [6.07, 6.45) is 7.75. The fourth-order valence-corrected chi connectivity index (χ4v) is 3.52. The maximum absolute atomic E-state index is 5.61. The van der Waals surface area contributed by atoms with Crippen LogP contribution in [0.3, 0.4) is 0 Å². The zero-order valence-electron chi connectivity index (χ0n) is 13.3. The zero-order chi connectivity index (χ0) is 15.8. The number of nitrogens with zero attached hydrogens (tertiary/aromatic N) is 7. The van der Waals surface area contributed by atoms with E-state index in [1.807, 2.05) is 10.9 Å². The summed E-state index contributed by atoms with van der Waals surface area (Å²) in [7, 11) is 0. The molecule has 0 N–H and O–H groups in total. The van der Waals surface area contributed by atoms with Crippen molar-refractivity contribution in [2.45, 2.75) is 32.5 Å². The molecular weight excluding hydrogens is 310 g/mol. The molecule has 0 radical (unpaired) electrons. The molecule has 8 heteroatoms. The first-order valence-corrected chi connectivity index (χ1v) is 8.52. The van der Waals surface area contributed by atoms with E-state index in [9.17, 15) is 0 Å². The normalized spacial score (nSPS) is 19.3. The number of aromatic nitrogens is 5. The van der Waals surface area contributed by atoms with Crippen molar-refractivity contribution in [1.82, 2.24) is 29.2 Å². The monoisotopic (exact) mass is 331 g/mol. The van der Waals surface area contributed by atoms with Gasteiger partial charge in [0, 0.05) is 44.6 Å². The predicted octanol–water partition coefficient (Wildman–Crippen LogP) is 1.63. The van der Waals surface area contributed by atoms with Gasteiger partial charge in [-0.3, -0.25) is 9.88 Å². The Balaban J connectivity index is 1.40. The molecule has 122 valence electrons. The first kappa shape index (κ1) is 14.8. The molecule has 7 nitrogen and oxygen atoms in total. The van der Waals surface area contributed by atoms with Crippen LogP contribution in [0.25, 0.3) is 0 Å². The molecule has 0 spiro atoms. The minimum absolute atomic E-state index is 0.588. The summed E-state index contributed by atoms with van der Waals surface area (Å²) in [6, 6.07) is 0.588. The second-order valence-electron chi connectivity index (χ2n) is 6.24. The lowest BCUT2D eigenvalue weighted by molar-refractivity contribution is 0.193. The third-order valence-corrected chi connectivity index (χ3v) is 4.94. The number of hydrogen-bond donors (Lipinski definition) is 0. The third kappa shape index (κ3) is 3.00. The van der Waals surface area contributed by atoms with Crippen LogP contribution in [-0.4, -0.2) is 55.4 Å². The van der Waals surface area contributed by atoms with Crippen molar-refractivity contribution in [3.05, 3.63) is 29.2 Å². The van der Waals surface area contributed by atoms with E-state index in [-0.39, 0.29) is 0 Å². The van der Waals surface area contributed by atoms with Gasteiger partial charge in [0.1, 0.15) is 11.6 Å². The van der Waals surface area contributed by atoms with Gasteiger partial charge in [-0.05, 0) is 32.0 Å². The summed E-state index contributed by atoms with van der Waals surface area (Å²) in [5.74, 6) is 1.99. The molecule has 0 unspecified atom stereocenters. The van der Waals surface area contributed by atoms with Crippen LogP contribution in [0.1, 0.15) is 24.7 Å². The first-order valence-electron chi connectivity index (χ1n) is 8.11. The molecule has 1 saturated heterocycles. The lowest BCUT2D eigenvalue weighted by Gasteiger charge is -2.34. The van der Waals surface area contributed by atoms with Crippen molar-refractivity contribution < 1.29 is 0 Å². The largest absolute Gasteiger partial charge is 0.353 e. The van der Waals surface area contributed by atoms with Gasteiger partial charge in [0.25, 0.3) is 0 Å². The Morgan fingerprint density at radius 1 is 1.17 bits per heavy atom. The van der Waals surface area contributed by atoms with E-state index in [0.29, 0.717) is 6.04 Å². The van der Waals surface area contributed by atoms with Crippen molar-refractivity contribution in [1.29, 1.82) is 0 Å². The van der Waals surface area contributed by atoms with E-state index in [4.69, 9.17) is 12.2 Å². The lowest BCUT2D eigenvalue weighted by atomic mass is 10.3. The zero-order valence-corrected chi connectivity index (χ0v) is 14.1. The van der Waals surface area contributed by atoms with E-state index in [1.165, 1.54) is 12.8 Å². The van der Waals surface area contributed by atoms with Crippen molar-refractivity contribution in [2.75, 3.05) is 31.1 Å². The molecule has 2 fully saturated rings. The molecular formula is C15H21N7S. The average molecular weight is 331 g/mol. The van der Waals surface area contributed by atoms with Gasteiger partial charge in [0.2, 0.25) is 0 Å². The van der Waals surface area contributed by atoms with Crippen LogP contribution in [-0.2, 0) is 6.67 Å². The van der Waals surface area contributed by atoms with E-state index >= 15 is 0 Å². The van der Waals surface area contributed by atoms with Crippen molar-refractivity contribution >= 4 is 18.0 Å². The van der Waals surface area contributed by atoms with Gasteiger partial charge in [0.15, 0.2) is 4.77 Å². The summed E-state index contributed by atoms with van der Waals surface area (Å²) >= 11 is 5.61. The van der Waals surface area contributed by atoms with Gasteiger partial charge >= 0.3 is 0 Å². The number of aryl methyl sites for hydroxylation is 1. The molecule has 0 atom stereocenters. The Hall–Kier alpha value is -1.80. The Labute approximate surface area is 140 Å². The summed E-state index contributed by atoms with van der Waals surface area (Å²) < 4.78 is 5.05. The maximum atomic E-state index is 5.61. The Kier molecular flexibility index (Phi) is 3.86. The second-order valence-corrected chi connectivity index (χ2v) is 6.61. The van der Waals surface area contributed by atoms with Gasteiger partial charge in [-0.2, -0.15) is 5.10 Å². The van der Waals surface area contributed by atoms with E-state index < -0.39 is 0 Å². The third-order valence-electron chi connectivity index (χ3n) is 4.53. The van der Waals surface area contributed by atoms with Crippen LogP contribution >= 0.6 is 12.2 Å². The molecule has 1 aliphatic carbocycles. The highest BCUT2D eigenvalue weighted by molar-refractivity contribution is 7.71. The molecule has 0 aromatic carbocycles. The summed E-state index contributed by atoms with van der Waals surface area (Å²) in [5.41, 5.74) is 0. The molecule has 3 heterocycles. The fraction of sp³-hybridized carbons (Fsp3) is 0.600. The number of anilines is 1. The lowest BCUT2D eigenvalue weighted by Crippen LogP contribution is -2.47. The quantitative estimate of drug-likeness (QED) is 0.794. The van der Waals surface area contributed by atoms with Crippen LogP contribution in [0, 0.1) is 11.7 Å². The number of piperazine rings is 1. The van der Waals surface area contributed by atoms with Crippen molar-refractivity contribution in [2.24, 2.45) is 0 Å². The van der Waals surface area contributed by atoms with Gasteiger partial charge in [-0.1, -0.05) is 0 Å². The second kappa shape index (κ2) is 6.01. The molecule has 2 aliphatic rings. The van der Waals surface area contributed by atoms with Crippen LogP contribution < -0.4 is 4.90 Å². The standard InChI is InChI=1S/C15H21N7S/c1-12-18-21(15(23)22(12)13-2-3-13)11-19-6-8-20(9-7-19)14-10-16-4-5-17-14/h4-5,10,13H,2-3,6-9,11H2,1H3. The number of rotatable bonds is 4. The molecule has 0 amide bonds. The Morgan fingerprint density at radius 3 is 2.61 bits per heavy atom. The van der Waals surface area contributed by atoms with Crippen molar-refractivity contribution in [3.8, 4) is 0 Å². The van der Waals surface area contributed by atoms with Crippen LogP contribution in [0.2, 0.25) is 0 Å². The maximum Gasteiger partial charge on any atom is 0.199 e. The minimum atomic E-state index is 0.588. The highest BCUT2D eigenvalue weighted by Gasteiger charge is 2.27. The molecule has 2 aromatic heterocycles. The van der Waals surface area contributed by atoms with Crippen molar-refractivity contribution in [3.63, 3.8) is 0 Å². The minimum Gasteiger partial charge on any atom is -0.353 e. The van der Waals surface area contributed by atoms with Crippen LogP contribution in [0.4, 0.5) is 5.82 Å². The van der Waals surface area contributed by atoms with Crippen LogP contribution in [0.5, 0.6) is 0 Å². The van der Waals surface area contributed by atoms with Gasteiger partial charge in [-0.25, -0.2) is 9.67 Å². The van der Waals surface area contributed by atoms with Gasteiger partial charge in [-0.15, -0.1) is 0 Å². The molecule has 1 aliphatic heterocycles. The highest BCUT2D eigenvalue weighted by Crippen LogP contribution is 2.35. The summed E-state index contributed by atoms with van der Waals surface area (Å²) in [6.45, 7) is 6.69. The number of hydrogen-bond acceptors (Lipinski definition) is 6. The summed E-state index contributed by atoms with van der Waals surface area (Å²) in [4.78, 5) is 13.2. The van der Waals surface area contributed by atoms with E-state index in [1.54, 1.807) is 12.4 Å². The fourth-order valence-electron chi connectivity index (χ4n) is 3.14. The molecule has 2 aromatic rings. The highest BCUT2D eigenvalue weighted by atomic mass is 32.1. The predicted molar refractivity (Wildman–Crippen MR) is 89.9 cm³/mol. The van der Waals surface area contributed by atoms with Crippen LogP contribution in [0.15, 0.2) is 18.6 Å². The first-order chi connectivity index (χ1) is 11.2. The van der Waals surface area contributed by atoms with Gasteiger partial charge in [0.05, 0.1) is 12.9 Å². The van der Waals surface area contributed by atoms with E-state index in [2.05, 4.69) is 36.4 Å². The molecule has 23 heavy (non-hydrogen) atoms. The topological polar surface area (TPSA) is 55.0 Å². The molecule has 1 saturated carbocycles. The van der Waals surface area contributed by atoms with Gasteiger partial charge < -0.3 is 9.47 Å². The summed E-state index contributed by atoms with van der Waals surface area (Å²) in [5, 5.41) is 4.64. The average Bonchev–Trinajstić information content (AvgIpc) is 3.36. The molecule has 4 rings (SSSR count). The smallest absolute Gasteiger partial charge is 0.199 e. The Bertz CT molecular complexity index is 726. The Morgan fingerprint density at radius 2 is 1.96 bits per heavy atom.